The number of thiocarbonyl (C=S) groups is 1. The van der Waals surface area contributed by atoms with Crippen molar-refractivity contribution in [1.82, 2.24) is 9.80 Å². The molecule has 0 unspecified atom stereocenters. The zero-order valence-corrected chi connectivity index (χ0v) is 17.9. The molecule has 0 radical (unpaired) electrons. The molecule has 162 valence electrons. The number of carbonyl (C=O) groups is 3. The van der Waals surface area contributed by atoms with Gasteiger partial charge in [0.25, 0.3) is 5.91 Å². The smallest absolute Gasteiger partial charge is 0.332 e. The van der Waals surface area contributed by atoms with Gasteiger partial charge in [-0.25, -0.2) is 4.79 Å². The molecule has 2 N–H and O–H groups in total. The van der Waals surface area contributed by atoms with E-state index in [1.165, 1.54) is 0 Å². The highest BCUT2D eigenvalue weighted by atomic mass is 32.1. The second-order valence-corrected chi connectivity index (χ2v) is 7.85. The highest BCUT2D eigenvalue weighted by molar-refractivity contribution is 7.80. The van der Waals surface area contributed by atoms with Crippen LogP contribution >= 0.6 is 12.2 Å². The van der Waals surface area contributed by atoms with Crippen LogP contribution in [0.15, 0.2) is 18.2 Å². The third kappa shape index (κ3) is 5.34. The fraction of sp³-hybridized carbons (Fsp3) is 0.524. The standard InChI is InChI=1S/C21H27N3O5S/c1-2-28-19(26)13-29-16-5-8-23(9-6-16)18(25)7-10-24-12-15-11-14(20(22)30)3-4-17(15)21(24)27/h3-4,11,16H,2,5-10,12-13H2,1H3,(H2,22,30). The van der Waals surface area contributed by atoms with E-state index in [2.05, 4.69) is 0 Å². The number of fused-ring (bicyclic) bond motifs is 1. The predicted molar refractivity (Wildman–Crippen MR) is 114 cm³/mol. The Morgan fingerprint density at radius 1 is 1.27 bits per heavy atom. The van der Waals surface area contributed by atoms with Gasteiger partial charge >= 0.3 is 5.97 Å². The Balaban J connectivity index is 1.43. The lowest BCUT2D eigenvalue weighted by atomic mass is 10.1. The van der Waals surface area contributed by atoms with Crippen LogP contribution in [-0.4, -0.2) is 71.5 Å². The van der Waals surface area contributed by atoms with Crippen LogP contribution in [0.3, 0.4) is 0 Å². The molecule has 2 aliphatic rings. The molecule has 2 aliphatic heterocycles. The summed E-state index contributed by atoms with van der Waals surface area (Å²) in [5, 5.41) is 0. The van der Waals surface area contributed by atoms with E-state index in [0.29, 0.717) is 56.2 Å². The van der Waals surface area contributed by atoms with Crippen molar-refractivity contribution in [2.75, 3.05) is 32.8 Å². The van der Waals surface area contributed by atoms with Gasteiger partial charge in [-0.05, 0) is 37.5 Å². The van der Waals surface area contributed by atoms with E-state index in [1.54, 1.807) is 28.9 Å². The number of benzene rings is 1. The van der Waals surface area contributed by atoms with Gasteiger partial charge in [0.1, 0.15) is 11.6 Å². The van der Waals surface area contributed by atoms with Crippen molar-refractivity contribution in [3.63, 3.8) is 0 Å². The molecule has 0 saturated carbocycles. The van der Waals surface area contributed by atoms with Gasteiger partial charge in [0, 0.05) is 43.7 Å². The number of nitrogens with two attached hydrogens (primary N) is 1. The summed E-state index contributed by atoms with van der Waals surface area (Å²) in [6.45, 7) is 4.02. The van der Waals surface area contributed by atoms with Crippen molar-refractivity contribution >= 4 is 35.0 Å². The molecule has 2 heterocycles. The Kier molecular flexibility index (Phi) is 7.38. The molecule has 9 heteroatoms. The lowest BCUT2D eigenvalue weighted by molar-refractivity contribution is -0.152. The van der Waals surface area contributed by atoms with Gasteiger partial charge in [0.05, 0.1) is 12.7 Å². The summed E-state index contributed by atoms with van der Waals surface area (Å²) in [6.07, 6.45) is 1.59. The van der Waals surface area contributed by atoms with Gasteiger partial charge in [-0.1, -0.05) is 18.3 Å². The van der Waals surface area contributed by atoms with Crippen LogP contribution < -0.4 is 5.73 Å². The molecule has 1 fully saturated rings. The van der Waals surface area contributed by atoms with E-state index >= 15 is 0 Å². The first kappa shape index (κ1) is 22.2. The largest absolute Gasteiger partial charge is 0.464 e. The number of carbonyl (C=O) groups excluding carboxylic acids is 3. The van der Waals surface area contributed by atoms with Gasteiger partial charge in [-0.3, -0.25) is 9.59 Å². The Bertz CT molecular complexity index is 836. The molecule has 1 saturated heterocycles. The summed E-state index contributed by atoms with van der Waals surface area (Å²) < 4.78 is 10.4. The molecule has 2 amide bonds. The van der Waals surface area contributed by atoms with E-state index < -0.39 is 0 Å². The summed E-state index contributed by atoms with van der Waals surface area (Å²) in [5.41, 5.74) is 7.93. The highest BCUT2D eigenvalue weighted by Gasteiger charge is 2.29. The Morgan fingerprint density at radius 2 is 2.00 bits per heavy atom. The molecule has 1 aromatic carbocycles. The number of esters is 1. The summed E-state index contributed by atoms with van der Waals surface area (Å²) in [4.78, 5) is 40.3. The second kappa shape index (κ2) is 9.99. The topological polar surface area (TPSA) is 102 Å². The first-order valence-corrected chi connectivity index (χ1v) is 10.6. The minimum atomic E-state index is -0.368. The quantitative estimate of drug-likeness (QED) is 0.486. The maximum absolute atomic E-state index is 12.6. The van der Waals surface area contributed by atoms with E-state index in [4.69, 9.17) is 27.4 Å². The Hall–Kier alpha value is -2.52. The minimum absolute atomic E-state index is 0.0198. The molecule has 0 aliphatic carbocycles. The average Bonchev–Trinajstić information content (AvgIpc) is 3.06. The third-order valence-electron chi connectivity index (χ3n) is 5.40. The van der Waals surface area contributed by atoms with Crippen molar-refractivity contribution in [1.29, 1.82) is 0 Å². The summed E-state index contributed by atoms with van der Waals surface area (Å²) in [7, 11) is 0. The number of rotatable bonds is 8. The maximum atomic E-state index is 12.6. The first-order valence-electron chi connectivity index (χ1n) is 10.2. The average molecular weight is 434 g/mol. The predicted octanol–water partition coefficient (Wildman–Crippen LogP) is 1.24. The zero-order chi connectivity index (χ0) is 21.7. The second-order valence-electron chi connectivity index (χ2n) is 7.41. The number of amides is 2. The van der Waals surface area contributed by atoms with Crippen molar-refractivity contribution in [2.24, 2.45) is 5.73 Å². The molecular weight excluding hydrogens is 406 g/mol. The van der Waals surface area contributed by atoms with Crippen LogP contribution in [0.2, 0.25) is 0 Å². The SMILES string of the molecule is CCOC(=O)COC1CCN(C(=O)CCN2Cc3cc(C(N)=S)ccc3C2=O)CC1. The monoisotopic (exact) mass is 433 g/mol. The zero-order valence-electron chi connectivity index (χ0n) is 17.1. The van der Waals surface area contributed by atoms with Gasteiger partial charge in [0.2, 0.25) is 5.91 Å². The number of hydrogen-bond acceptors (Lipinski definition) is 6. The van der Waals surface area contributed by atoms with Gasteiger partial charge in [-0.2, -0.15) is 0 Å². The molecule has 30 heavy (non-hydrogen) atoms. The van der Waals surface area contributed by atoms with Gasteiger partial charge < -0.3 is 25.0 Å². The van der Waals surface area contributed by atoms with E-state index in [1.807, 2.05) is 6.07 Å². The molecular formula is C21H27N3O5S. The molecule has 0 bridgehead atoms. The van der Waals surface area contributed by atoms with Gasteiger partial charge in [0.15, 0.2) is 0 Å². The Morgan fingerprint density at radius 3 is 2.67 bits per heavy atom. The van der Waals surface area contributed by atoms with Crippen LogP contribution in [0.5, 0.6) is 0 Å². The van der Waals surface area contributed by atoms with Crippen LogP contribution in [0.1, 0.15) is 47.7 Å². The van der Waals surface area contributed by atoms with Gasteiger partial charge in [-0.15, -0.1) is 0 Å². The van der Waals surface area contributed by atoms with E-state index in [0.717, 1.165) is 11.1 Å². The summed E-state index contributed by atoms with van der Waals surface area (Å²) >= 11 is 5.00. The normalized spacial score (nSPS) is 16.5. The molecule has 0 atom stereocenters. The van der Waals surface area contributed by atoms with Crippen molar-refractivity contribution < 1.29 is 23.9 Å². The third-order valence-corrected chi connectivity index (χ3v) is 5.64. The van der Waals surface area contributed by atoms with Crippen LogP contribution in [0.4, 0.5) is 0 Å². The number of hydrogen-bond donors (Lipinski definition) is 1. The van der Waals surface area contributed by atoms with Crippen molar-refractivity contribution in [3.05, 3.63) is 34.9 Å². The van der Waals surface area contributed by atoms with Crippen molar-refractivity contribution in [2.45, 2.75) is 38.8 Å². The molecule has 0 aromatic heterocycles. The Labute approximate surface area is 181 Å². The maximum Gasteiger partial charge on any atom is 0.332 e. The lowest BCUT2D eigenvalue weighted by Crippen LogP contribution is -2.42. The van der Waals surface area contributed by atoms with E-state index in [9.17, 15) is 14.4 Å². The van der Waals surface area contributed by atoms with E-state index in [-0.39, 0.29) is 36.9 Å². The molecule has 0 spiro atoms. The summed E-state index contributed by atoms with van der Waals surface area (Å²) in [6, 6.07) is 5.34. The fourth-order valence-electron chi connectivity index (χ4n) is 3.76. The number of nitrogens with zero attached hydrogens (tertiary/aromatic N) is 2. The number of likely N-dealkylation sites (tertiary alicyclic amines) is 1. The minimum Gasteiger partial charge on any atom is -0.464 e. The molecule has 8 nitrogen and oxygen atoms in total. The molecule has 3 rings (SSSR count). The van der Waals surface area contributed by atoms with Crippen LogP contribution in [0.25, 0.3) is 0 Å². The summed E-state index contributed by atoms with van der Waals surface area (Å²) in [5.74, 6) is -0.419. The number of ether oxygens (including phenoxy) is 2. The first-order chi connectivity index (χ1) is 14.4. The van der Waals surface area contributed by atoms with Crippen LogP contribution in [0, 0.1) is 0 Å². The van der Waals surface area contributed by atoms with Crippen LogP contribution in [-0.2, 0) is 25.6 Å². The lowest BCUT2D eigenvalue weighted by Gasteiger charge is -2.32. The molecule has 1 aromatic rings. The number of piperidine rings is 1. The van der Waals surface area contributed by atoms with Crippen molar-refractivity contribution in [3.8, 4) is 0 Å². The highest BCUT2D eigenvalue weighted by Crippen LogP contribution is 2.24. The fourth-order valence-corrected chi connectivity index (χ4v) is 3.89.